The second-order valence-electron chi connectivity index (χ2n) is 5.17. The van der Waals surface area contributed by atoms with E-state index in [2.05, 4.69) is 19.9 Å². The average Bonchev–Trinajstić information content (AvgIpc) is 3.10. The zero-order valence-electron chi connectivity index (χ0n) is 13.6. The molecule has 9 heteroatoms. The first-order chi connectivity index (χ1) is 12.0. The Hall–Kier alpha value is -2.78. The Labute approximate surface area is 144 Å². The van der Waals surface area contributed by atoms with E-state index in [9.17, 15) is 8.42 Å². The lowest BCUT2D eigenvalue weighted by Gasteiger charge is -2.08. The standard InChI is InChI=1S/C16H16N4O4S/c1-11-9-12(6-7-14(11)23-2)25(21,22)18-10-15-19-20-16(24-15)13-5-3-4-8-17-13/h3-9,18H,10H2,1-2H3. The monoisotopic (exact) mass is 360 g/mol. The van der Waals surface area contributed by atoms with Gasteiger partial charge in [0.25, 0.3) is 5.89 Å². The predicted octanol–water partition coefficient (Wildman–Crippen LogP) is 1.93. The van der Waals surface area contributed by atoms with Crippen LogP contribution in [0.4, 0.5) is 0 Å². The number of aromatic nitrogens is 3. The van der Waals surface area contributed by atoms with Crippen molar-refractivity contribution in [3.05, 3.63) is 54.0 Å². The summed E-state index contributed by atoms with van der Waals surface area (Å²) in [7, 11) is -2.18. The molecule has 3 rings (SSSR count). The molecule has 130 valence electrons. The molecule has 1 aromatic carbocycles. The predicted molar refractivity (Wildman–Crippen MR) is 89.3 cm³/mol. The first kappa shape index (κ1) is 17.1. The molecule has 2 heterocycles. The number of nitrogens with one attached hydrogen (secondary N) is 1. The van der Waals surface area contributed by atoms with Gasteiger partial charge < -0.3 is 9.15 Å². The molecular formula is C16H16N4O4S. The fourth-order valence-corrected chi connectivity index (χ4v) is 3.24. The molecule has 0 atom stereocenters. The second-order valence-corrected chi connectivity index (χ2v) is 6.94. The molecule has 0 aliphatic heterocycles. The molecule has 1 N–H and O–H groups in total. The third-order valence-electron chi connectivity index (χ3n) is 3.44. The number of nitrogens with zero attached hydrogens (tertiary/aromatic N) is 3. The summed E-state index contributed by atoms with van der Waals surface area (Å²) in [5.74, 6) is 1.00. The van der Waals surface area contributed by atoms with E-state index in [1.54, 1.807) is 37.4 Å². The van der Waals surface area contributed by atoms with Crippen molar-refractivity contribution in [2.45, 2.75) is 18.4 Å². The molecule has 0 amide bonds. The third-order valence-corrected chi connectivity index (χ3v) is 4.84. The van der Waals surface area contributed by atoms with Crippen LogP contribution in [0.2, 0.25) is 0 Å². The van der Waals surface area contributed by atoms with Crippen molar-refractivity contribution in [2.75, 3.05) is 7.11 Å². The van der Waals surface area contributed by atoms with Crippen LogP contribution in [0.25, 0.3) is 11.6 Å². The molecule has 0 aliphatic rings. The molecule has 0 saturated heterocycles. The van der Waals surface area contributed by atoms with Crippen LogP contribution in [0.5, 0.6) is 5.75 Å². The largest absolute Gasteiger partial charge is 0.496 e. The normalized spacial score (nSPS) is 11.4. The summed E-state index contributed by atoms with van der Waals surface area (Å²) in [6.45, 7) is 1.65. The van der Waals surface area contributed by atoms with Gasteiger partial charge in [-0.05, 0) is 42.8 Å². The van der Waals surface area contributed by atoms with Crippen LogP contribution in [0.1, 0.15) is 11.5 Å². The first-order valence-electron chi connectivity index (χ1n) is 7.38. The van der Waals surface area contributed by atoms with Crippen molar-refractivity contribution in [3.8, 4) is 17.3 Å². The molecule has 8 nitrogen and oxygen atoms in total. The number of benzene rings is 1. The molecule has 0 aliphatic carbocycles. The van der Waals surface area contributed by atoms with Gasteiger partial charge in [0.15, 0.2) is 0 Å². The van der Waals surface area contributed by atoms with Gasteiger partial charge in [0, 0.05) is 6.20 Å². The Morgan fingerprint density at radius 2 is 2.04 bits per heavy atom. The van der Waals surface area contributed by atoms with Gasteiger partial charge in [-0.2, -0.15) is 0 Å². The fourth-order valence-electron chi connectivity index (χ4n) is 2.18. The van der Waals surface area contributed by atoms with Gasteiger partial charge in [0.05, 0.1) is 18.6 Å². The van der Waals surface area contributed by atoms with Crippen LogP contribution in [0, 0.1) is 6.92 Å². The molecule has 3 aromatic rings. The van der Waals surface area contributed by atoms with Crippen LogP contribution in [0.15, 0.2) is 51.9 Å². The number of methoxy groups -OCH3 is 1. The highest BCUT2D eigenvalue weighted by atomic mass is 32.2. The number of hydrogen-bond acceptors (Lipinski definition) is 7. The van der Waals surface area contributed by atoms with Gasteiger partial charge in [-0.3, -0.25) is 4.98 Å². The van der Waals surface area contributed by atoms with Crippen molar-refractivity contribution in [3.63, 3.8) is 0 Å². The van der Waals surface area contributed by atoms with E-state index < -0.39 is 10.0 Å². The average molecular weight is 360 g/mol. The lowest BCUT2D eigenvalue weighted by atomic mass is 10.2. The molecule has 0 bridgehead atoms. The topological polar surface area (TPSA) is 107 Å². The van der Waals surface area contributed by atoms with Gasteiger partial charge in [-0.25, -0.2) is 13.1 Å². The maximum Gasteiger partial charge on any atom is 0.266 e. The summed E-state index contributed by atoms with van der Waals surface area (Å²) in [4.78, 5) is 4.23. The van der Waals surface area contributed by atoms with Crippen LogP contribution in [-0.2, 0) is 16.6 Å². The minimum atomic E-state index is -3.71. The summed E-state index contributed by atoms with van der Waals surface area (Å²) >= 11 is 0. The quantitative estimate of drug-likeness (QED) is 0.715. The molecule has 0 spiro atoms. The Morgan fingerprint density at radius 1 is 1.20 bits per heavy atom. The van der Waals surface area contributed by atoms with Gasteiger partial charge in [-0.1, -0.05) is 6.07 Å². The van der Waals surface area contributed by atoms with E-state index in [0.29, 0.717) is 11.4 Å². The summed E-state index contributed by atoms with van der Waals surface area (Å²) in [6, 6.07) is 9.90. The number of hydrogen-bond donors (Lipinski definition) is 1. The maximum atomic E-state index is 12.4. The zero-order chi connectivity index (χ0) is 17.9. The van der Waals surface area contributed by atoms with Crippen LogP contribution in [0.3, 0.4) is 0 Å². The molecule has 2 aromatic heterocycles. The van der Waals surface area contributed by atoms with Gasteiger partial charge in [-0.15, -0.1) is 10.2 Å². The Kier molecular flexibility index (Phi) is 4.77. The Bertz CT molecular complexity index is 971. The number of sulfonamides is 1. The molecule has 0 unspecified atom stereocenters. The number of pyridine rings is 1. The lowest BCUT2D eigenvalue weighted by molar-refractivity contribution is 0.411. The minimum Gasteiger partial charge on any atom is -0.496 e. The second kappa shape index (κ2) is 6.99. The van der Waals surface area contributed by atoms with Crippen molar-refractivity contribution < 1.29 is 17.6 Å². The summed E-state index contributed by atoms with van der Waals surface area (Å²) in [5, 5.41) is 7.70. The minimum absolute atomic E-state index is 0.118. The van der Waals surface area contributed by atoms with Crippen LogP contribution in [-0.4, -0.2) is 30.7 Å². The Balaban J connectivity index is 1.72. The van der Waals surface area contributed by atoms with Crippen LogP contribution >= 0.6 is 0 Å². The van der Waals surface area contributed by atoms with E-state index in [1.165, 1.54) is 19.2 Å². The first-order valence-corrected chi connectivity index (χ1v) is 8.86. The number of aryl methyl sites for hydroxylation is 1. The molecule has 0 radical (unpaired) electrons. The van der Waals surface area contributed by atoms with E-state index in [0.717, 1.165) is 5.56 Å². The smallest absolute Gasteiger partial charge is 0.266 e. The van der Waals surface area contributed by atoms with Crippen molar-refractivity contribution in [1.29, 1.82) is 0 Å². The highest BCUT2D eigenvalue weighted by Crippen LogP contribution is 2.21. The SMILES string of the molecule is COc1ccc(S(=O)(=O)NCc2nnc(-c3ccccn3)o2)cc1C. The molecule has 0 fully saturated rings. The van der Waals surface area contributed by atoms with Crippen molar-refractivity contribution >= 4 is 10.0 Å². The van der Waals surface area contributed by atoms with E-state index in [4.69, 9.17) is 9.15 Å². The molecule has 0 saturated carbocycles. The lowest BCUT2D eigenvalue weighted by Crippen LogP contribution is -2.23. The van der Waals surface area contributed by atoms with E-state index >= 15 is 0 Å². The number of ether oxygens (including phenoxy) is 1. The number of rotatable bonds is 6. The summed E-state index contributed by atoms with van der Waals surface area (Å²) < 4.78 is 37.8. The van der Waals surface area contributed by atoms with Crippen LogP contribution < -0.4 is 9.46 Å². The molecule has 25 heavy (non-hydrogen) atoms. The zero-order valence-corrected chi connectivity index (χ0v) is 14.4. The van der Waals surface area contributed by atoms with E-state index in [-0.39, 0.29) is 23.2 Å². The summed E-state index contributed by atoms with van der Waals surface area (Å²) in [5.41, 5.74) is 1.25. The van der Waals surface area contributed by atoms with Gasteiger partial charge >= 0.3 is 0 Å². The van der Waals surface area contributed by atoms with Gasteiger partial charge in [0.2, 0.25) is 15.9 Å². The Morgan fingerprint density at radius 3 is 2.72 bits per heavy atom. The van der Waals surface area contributed by atoms with Gasteiger partial charge in [0.1, 0.15) is 11.4 Å². The maximum absolute atomic E-state index is 12.4. The highest BCUT2D eigenvalue weighted by Gasteiger charge is 2.17. The van der Waals surface area contributed by atoms with Crippen molar-refractivity contribution in [2.24, 2.45) is 0 Å². The highest BCUT2D eigenvalue weighted by molar-refractivity contribution is 7.89. The van der Waals surface area contributed by atoms with Crippen molar-refractivity contribution in [1.82, 2.24) is 19.9 Å². The van der Waals surface area contributed by atoms with E-state index in [1.807, 2.05) is 0 Å². The summed E-state index contributed by atoms with van der Waals surface area (Å²) in [6.07, 6.45) is 1.61. The third kappa shape index (κ3) is 3.83. The molecular weight excluding hydrogens is 344 g/mol. The fraction of sp³-hybridized carbons (Fsp3) is 0.188.